The fourth-order valence-electron chi connectivity index (χ4n) is 3.41. The van der Waals surface area contributed by atoms with Crippen molar-refractivity contribution >= 4 is 11.6 Å². The molecule has 1 N–H and O–H groups in total. The third-order valence-electron chi connectivity index (χ3n) is 4.63. The lowest BCUT2D eigenvalue weighted by Crippen LogP contribution is -2.37. The number of hydrogen-bond acceptors (Lipinski definition) is 3. The number of carboxylic acids is 1. The third kappa shape index (κ3) is 2.86. The summed E-state index contributed by atoms with van der Waals surface area (Å²) >= 11 is 0. The summed E-state index contributed by atoms with van der Waals surface area (Å²) in [7, 11) is 0. The first-order valence-electron chi connectivity index (χ1n) is 7.98. The van der Waals surface area contributed by atoms with Crippen molar-refractivity contribution in [2.45, 2.75) is 52.1 Å². The largest absolute Gasteiger partial charge is 0.481 e. The van der Waals surface area contributed by atoms with Crippen LogP contribution in [0.1, 0.15) is 43.3 Å². The van der Waals surface area contributed by atoms with E-state index in [0.29, 0.717) is 11.7 Å². The topological polar surface area (TPSA) is 57.8 Å². The van der Waals surface area contributed by atoms with Crippen molar-refractivity contribution in [3.63, 3.8) is 0 Å². The van der Waals surface area contributed by atoms with Gasteiger partial charge in [0, 0.05) is 18.3 Å². The van der Waals surface area contributed by atoms with Crippen LogP contribution in [0.15, 0.2) is 18.2 Å². The van der Waals surface area contributed by atoms with Crippen LogP contribution in [-0.4, -0.2) is 37.9 Å². The molecule has 2 aromatic rings. The van der Waals surface area contributed by atoms with Gasteiger partial charge in [-0.1, -0.05) is 12.5 Å². The normalized spacial score (nSPS) is 19.6. The molecule has 5 nitrogen and oxygen atoms in total. The van der Waals surface area contributed by atoms with Crippen LogP contribution in [0.25, 0.3) is 5.65 Å². The average molecular weight is 301 g/mol. The minimum absolute atomic E-state index is 0.0152. The third-order valence-corrected chi connectivity index (χ3v) is 4.63. The first kappa shape index (κ1) is 15.0. The minimum Gasteiger partial charge on any atom is -0.481 e. The zero-order chi connectivity index (χ0) is 15.7. The zero-order valence-electron chi connectivity index (χ0n) is 13.2. The van der Waals surface area contributed by atoms with Crippen molar-refractivity contribution < 1.29 is 9.90 Å². The summed E-state index contributed by atoms with van der Waals surface area (Å²) in [6, 6.07) is 6.50. The zero-order valence-corrected chi connectivity index (χ0v) is 13.2. The second kappa shape index (κ2) is 6.08. The Balaban J connectivity index is 2.02. The molecule has 1 unspecified atom stereocenters. The molecular formula is C17H23N3O2. The van der Waals surface area contributed by atoms with Crippen LogP contribution >= 0.6 is 0 Å². The lowest BCUT2D eigenvalue weighted by molar-refractivity contribution is -0.136. The molecule has 3 heterocycles. The molecule has 0 bridgehead atoms. The number of aryl methyl sites for hydroxylation is 1. The predicted octanol–water partition coefficient (Wildman–Crippen LogP) is 2.64. The number of carboxylic acid groups (broad SMARTS) is 1. The number of carbonyl (C=O) groups is 1. The Morgan fingerprint density at radius 3 is 2.95 bits per heavy atom. The van der Waals surface area contributed by atoms with Gasteiger partial charge in [0.05, 0.1) is 17.8 Å². The van der Waals surface area contributed by atoms with E-state index < -0.39 is 5.97 Å². The molecule has 2 aromatic heterocycles. The first-order valence-corrected chi connectivity index (χ1v) is 7.98. The van der Waals surface area contributed by atoms with Crippen molar-refractivity contribution in [1.29, 1.82) is 0 Å². The van der Waals surface area contributed by atoms with Gasteiger partial charge in [-0.3, -0.25) is 14.1 Å². The van der Waals surface area contributed by atoms with E-state index in [0.717, 1.165) is 30.1 Å². The van der Waals surface area contributed by atoms with Crippen molar-refractivity contribution in [2.75, 3.05) is 6.54 Å². The molecular weight excluding hydrogens is 278 g/mol. The molecule has 1 fully saturated rings. The Hall–Kier alpha value is -1.88. The molecule has 1 saturated heterocycles. The van der Waals surface area contributed by atoms with Crippen LogP contribution in [0.2, 0.25) is 0 Å². The van der Waals surface area contributed by atoms with Gasteiger partial charge >= 0.3 is 5.97 Å². The van der Waals surface area contributed by atoms with Gasteiger partial charge in [-0.2, -0.15) is 0 Å². The Labute approximate surface area is 130 Å². The van der Waals surface area contributed by atoms with Crippen LogP contribution in [0.3, 0.4) is 0 Å². The van der Waals surface area contributed by atoms with Crippen LogP contribution in [0, 0.1) is 6.92 Å². The number of nitrogens with zero attached hydrogens (tertiary/aromatic N) is 3. The molecule has 0 aliphatic carbocycles. The number of hydrogen-bond donors (Lipinski definition) is 1. The molecule has 0 aromatic carbocycles. The fraction of sp³-hybridized carbons (Fsp3) is 0.529. The highest BCUT2D eigenvalue weighted by molar-refractivity contribution is 5.70. The number of likely N-dealkylation sites (tertiary alicyclic amines) is 1. The summed E-state index contributed by atoms with van der Waals surface area (Å²) in [5.74, 6) is -0.825. The maximum absolute atomic E-state index is 11.2. The minimum atomic E-state index is -0.825. The molecule has 118 valence electrons. The van der Waals surface area contributed by atoms with Crippen molar-refractivity contribution in [1.82, 2.24) is 14.3 Å². The molecule has 0 saturated carbocycles. The van der Waals surface area contributed by atoms with Crippen LogP contribution in [-0.2, 0) is 17.8 Å². The van der Waals surface area contributed by atoms with E-state index in [4.69, 9.17) is 0 Å². The Bertz CT molecular complexity index is 693. The molecule has 5 heteroatoms. The first-order chi connectivity index (χ1) is 10.6. The highest BCUT2D eigenvalue weighted by Crippen LogP contribution is 2.23. The molecule has 0 amide bonds. The van der Waals surface area contributed by atoms with Gasteiger partial charge in [-0.15, -0.1) is 0 Å². The van der Waals surface area contributed by atoms with Gasteiger partial charge in [0.25, 0.3) is 0 Å². The van der Waals surface area contributed by atoms with Gasteiger partial charge in [-0.25, -0.2) is 4.98 Å². The number of imidazole rings is 1. The van der Waals surface area contributed by atoms with E-state index in [1.54, 1.807) is 0 Å². The van der Waals surface area contributed by atoms with Crippen molar-refractivity contribution in [3.8, 4) is 0 Å². The van der Waals surface area contributed by atoms with E-state index in [9.17, 15) is 9.90 Å². The van der Waals surface area contributed by atoms with Gasteiger partial charge < -0.3 is 5.11 Å². The quantitative estimate of drug-likeness (QED) is 0.943. The predicted molar refractivity (Wildman–Crippen MR) is 85.0 cm³/mol. The molecule has 0 spiro atoms. The molecule has 0 radical (unpaired) electrons. The smallest absolute Gasteiger partial charge is 0.309 e. The lowest BCUT2D eigenvalue weighted by atomic mass is 10.0. The van der Waals surface area contributed by atoms with Crippen LogP contribution < -0.4 is 0 Å². The number of aromatic nitrogens is 2. The maximum Gasteiger partial charge on any atom is 0.309 e. The summed E-state index contributed by atoms with van der Waals surface area (Å²) in [6.07, 6.45) is 3.70. The van der Waals surface area contributed by atoms with E-state index in [1.807, 2.05) is 25.1 Å². The van der Waals surface area contributed by atoms with Crippen molar-refractivity contribution in [2.24, 2.45) is 0 Å². The van der Waals surface area contributed by atoms with Crippen LogP contribution in [0.4, 0.5) is 0 Å². The maximum atomic E-state index is 11.2. The summed E-state index contributed by atoms with van der Waals surface area (Å²) < 4.78 is 2.11. The Morgan fingerprint density at radius 2 is 2.23 bits per heavy atom. The summed E-state index contributed by atoms with van der Waals surface area (Å²) in [4.78, 5) is 18.2. The van der Waals surface area contributed by atoms with E-state index in [1.165, 1.54) is 19.3 Å². The average Bonchev–Trinajstić information content (AvgIpc) is 2.79. The van der Waals surface area contributed by atoms with Gasteiger partial charge in [0.1, 0.15) is 5.65 Å². The van der Waals surface area contributed by atoms with Crippen molar-refractivity contribution in [3.05, 3.63) is 35.3 Å². The number of piperidine rings is 1. The molecule has 1 aliphatic heterocycles. The summed E-state index contributed by atoms with van der Waals surface area (Å²) in [5.41, 5.74) is 3.67. The summed E-state index contributed by atoms with van der Waals surface area (Å²) in [6.45, 7) is 6.15. The van der Waals surface area contributed by atoms with Gasteiger partial charge in [0.15, 0.2) is 0 Å². The second-order valence-corrected chi connectivity index (χ2v) is 6.25. The lowest BCUT2D eigenvalue weighted by Gasteiger charge is -2.33. The fourth-order valence-corrected chi connectivity index (χ4v) is 3.41. The highest BCUT2D eigenvalue weighted by Gasteiger charge is 2.23. The molecule has 1 atom stereocenters. The SMILES string of the molecule is Cc1cccc2nc(CC(=O)O)c(CN3CCCCC3C)n12. The second-order valence-electron chi connectivity index (χ2n) is 6.25. The van der Waals surface area contributed by atoms with Crippen LogP contribution in [0.5, 0.6) is 0 Å². The number of pyridine rings is 1. The molecule has 22 heavy (non-hydrogen) atoms. The van der Waals surface area contributed by atoms with Gasteiger partial charge in [-0.05, 0) is 45.4 Å². The highest BCUT2D eigenvalue weighted by atomic mass is 16.4. The number of aliphatic carboxylic acids is 1. The molecule has 1 aliphatic rings. The standard InChI is InChI=1S/C17H23N3O2/c1-12-6-3-4-9-19(12)11-15-14(10-17(21)22)18-16-8-5-7-13(2)20(15)16/h5,7-8,12H,3-4,6,9-11H2,1-2H3,(H,21,22). The number of rotatable bonds is 4. The number of fused-ring (bicyclic) bond motifs is 1. The van der Waals surface area contributed by atoms with E-state index >= 15 is 0 Å². The molecule has 3 rings (SSSR count). The monoisotopic (exact) mass is 301 g/mol. The Morgan fingerprint density at radius 1 is 1.41 bits per heavy atom. The van der Waals surface area contributed by atoms with E-state index in [-0.39, 0.29) is 6.42 Å². The van der Waals surface area contributed by atoms with E-state index in [2.05, 4.69) is 21.2 Å². The van der Waals surface area contributed by atoms with Gasteiger partial charge in [0.2, 0.25) is 0 Å². The summed E-state index contributed by atoms with van der Waals surface area (Å²) in [5, 5.41) is 9.18. The Kier molecular flexibility index (Phi) is 4.16.